The third-order valence-corrected chi connectivity index (χ3v) is 4.84. The highest BCUT2D eigenvalue weighted by Crippen LogP contribution is 2.30. The van der Waals surface area contributed by atoms with Gasteiger partial charge in [-0.2, -0.15) is 4.98 Å². The first-order chi connectivity index (χ1) is 14.0. The monoisotopic (exact) mass is 403 g/mol. The summed E-state index contributed by atoms with van der Waals surface area (Å²) in [6, 6.07) is 7.41. The molecule has 11 nitrogen and oxygen atoms in total. The summed E-state index contributed by atoms with van der Waals surface area (Å²) in [7, 11) is 1.59. The van der Waals surface area contributed by atoms with E-state index in [4.69, 9.17) is 9.47 Å². The van der Waals surface area contributed by atoms with Gasteiger partial charge < -0.3 is 30.1 Å². The van der Waals surface area contributed by atoms with E-state index in [1.54, 1.807) is 7.11 Å². The molecule has 4 atom stereocenters. The number of rotatable bonds is 6. The van der Waals surface area contributed by atoms with E-state index >= 15 is 0 Å². The molecule has 3 heterocycles. The Labute approximate surface area is 164 Å². The highest BCUT2D eigenvalue weighted by molar-refractivity contribution is 5.71. The lowest BCUT2D eigenvalue weighted by Gasteiger charge is -2.16. The molecule has 29 heavy (non-hydrogen) atoms. The van der Waals surface area contributed by atoms with Crippen molar-refractivity contribution >= 4 is 17.1 Å². The molecule has 4 unspecified atom stereocenters. The molecule has 5 N–H and O–H groups in total. The van der Waals surface area contributed by atoms with E-state index in [1.807, 2.05) is 24.3 Å². The van der Waals surface area contributed by atoms with Gasteiger partial charge in [0.25, 0.3) is 5.56 Å². The third kappa shape index (κ3) is 3.56. The number of nitrogens with one attached hydrogen (secondary N) is 2. The predicted molar refractivity (Wildman–Crippen MR) is 101 cm³/mol. The highest BCUT2D eigenvalue weighted by atomic mass is 16.6. The molecule has 0 radical (unpaired) electrons. The first-order valence-electron chi connectivity index (χ1n) is 8.98. The van der Waals surface area contributed by atoms with Crippen LogP contribution in [-0.2, 0) is 11.3 Å². The molecule has 154 valence electrons. The topological polar surface area (TPSA) is 155 Å². The minimum atomic E-state index is -1.30. The van der Waals surface area contributed by atoms with Crippen LogP contribution in [0.1, 0.15) is 11.8 Å². The SMILES string of the molecule is COc1ccc(CNc2nc3c(ncn3C3OC(CO)C(O)C3O)c(=O)[nH]2)cc1. The van der Waals surface area contributed by atoms with Gasteiger partial charge in [-0.3, -0.25) is 14.3 Å². The van der Waals surface area contributed by atoms with Crippen molar-refractivity contribution in [1.82, 2.24) is 19.5 Å². The molecule has 3 aromatic rings. The summed E-state index contributed by atoms with van der Waals surface area (Å²) in [4.78, 5) is 23.4. The molecule has 0 bridgehead atoms. The van der Waals surface area contributed by atoms with E-state index in [2.05, 4.69) is 20.3 Å². The number of nitrogens with zero attached hydrogens (tertiary/aromatic N) is 3. The van der Waals surface area contributed by atoms with Crippen molar-refractivity contribution in [2.45, 2.75) is 31.1 Å². The average molecular weight is 403 g/mol. The Kier molecular flexibility index (Phi) is 5.20. The maximum Gasteiger partial charge on any atom is 0.280 e. The van der Waals surface area contributed by atoms with Crippen molar-refractivity contribution in [1.29, 1.82) is 0 Å². The Balaban J connectivity index is 1.60. The Morgan fingerprint density at radius 2 is 2.03 bits per heavy atom. The van der Waals surface area contributed by atoms with Crippen molar-refractivity contribution in [2.24, 2.45) is 0 Å². The van der Waals surface area contributed by atoms with Crippen LogP contribution >= 0.6 is 0 Å². The lowest BCUT2D eigenvalue weighted by Crippen LogP contribution is -2.33. The molecule has 1 fully saturated rings. The van der Waals surface area contributed by atoms with Crippen LogP contribution in [0, 0.1) is 0 Å². The molecule has 11 heteroatoms. The summed E-state index contributed by atoms with van der Waals surface area (Å²) in [5.41, 5.74) is 0.738. The van der Waals surface area contributed by atoms with Crippen LogP contribution in [0.5, 0.6) is 5.75 Å². The van der Waals surface area contributed by atoms with Crippen LogP contribution in [-0.4, -0.2) is 66.9 Å². The van der Waals surface area contributed by atoms with Crippen LogP contribution in [0.3, 0.4) is 0 Å². The summed E-state index contributed by atoms with van der Waals surface area (Å²) in [6.07, 6.45) is -3.24. The van der Waals surface area contributed by atoms with Gasteiger partial charge in [-0.25, -0.2) is 4.98 Å². The number of imidazole rings is 1. The van der Waals surface area contributed by atoms with E-state index in [0.29, 0.717) is 6.54 Å². The Bertz CT molecular complexity index is 1050. The standard InChI is InChI=1S/C18H21N5O6/c1-28-10-4-2-9(3-5-10)6-19-18-21-15-12(16(27)22-18)20-8-23(15)17-14(26)13(25)11(7-24)29-17/h2-5,8,11,13-14,17,24-26H,6-7H2,1H3,(H2,19,21,22,27). The van der Waals surface area contributed by atoms with Crippen LogP contribution in [0.2, 0.25) is 0 Å². The number of ether oxygens (including phenoxy) is 2. The van der Waals surface area contributed by atoms with E-state index in [-0.39, 0.29) is 17.1 Å². The maximum absolute atomic E-state index is 12.4. The van der Waals surface area contributed by atoms with Gasteiger partial charge in [0, 0.05) is 6.54 Å². The van der Waals surface area contributed by atoms with Gasteiger partial charge in [0.1, 0.15) is 24.1 Å². The minimum Gasteiger partial charge on any atom is -0.497 e. The first kappa shape index (κ1) is 19.3. The zero-order valence-electron chi connectivity index (χ0n) is 15.5. The number of aromatic nitrogens is 4. The number of benzene rings is 1. The summed E-state index contributed by atoms with van der Waals surface area (Å²) >= 11 is 0. The largest absolute Gasteiger partial charge is 0.497 e. The van der Waals surface area contributed by atoms with Gasteiger partial charge in [0.05, 0.1) is 20.0 Å². The number of hydrogen-bond acceptors (Lipinski definition) is 9. The normalized spacial score (nSPS) is 24.1. The number of fused-ring (bicyclic) bond motifs is 1. The molecule has 1 aliphatic rings. The quantitative estimate of drug-likeness (QED) is 0.361. The fourth-order valence-electron chi connectivity index (χ4n) is 3.24. The van der Waals surface area contributed by atoms with E-state index < -0.39 is 36.7 Å². The number of anilines is 1. The molecule has 0 amide bonds. The van der Waals surface area contributed by atoms with Crippen LogP contribution in [0.4, 0.5) is 5.95 Å². The minimum absolute atomic E-state index is 0.0673. The molecule has 1 saturated heterocycles. The van der Waals surface area contributed by atoms with E-state index in [1.165, 1.54) is 10.9 Å². The van der Waals surface area contributed by atoms with Crippen molar-refractivity contribution in [3.63, 3.8) is 0 Å². The highest BCUT2D eigenvalue weighted by Gasteiger charge is 2.44. The van der Waals surface area contributed by atoms with Crippen molar-refractivity contribution in [3.8, 4) is 5.75 Å². The lowest BCUT2D eigenvalue weighted by atomic mass is 10.1. The number of H-pyrrole nitrogens is 1. The lowest BCUT2D eigenvalue weighted by molar-refractivity contribution is -0.0511. The Morgan fingerprint density at radius 1 is 1.28 bits per heavy atom. The van der Waals surface area contributed by atoms with Crippen LogP contribution < -0.4 is 15.6 Å². The number of aliphatic hydroxyl groups excluding tert-OH is 3. The fraction of sp³-hybridized carbons (Fsp3) is 0.389. The molecule has 2 aromatic heterocycles. The van der Waals surface area contributed by atoms with Gasteiger partial charge >= 0.3 is 0 Å². The molecular formula is C18H21N5O6. The first-order valence-corrected chi connectivity index (χ1v) is 8.98. The van der Waals surface area contributed by atoms with Gasteiger partial charge in [0.2, 0.25) is 5.95 Å². The summed E-state index contributed by atoms with van der Waals surface area (Å²) in [5.74, 6) is 0.955. The van der Waals surface area contributed by atoms with Gasteiger partial charge in [-0.05, 0) is 17.7 Å². The number of aromatic amines is 1. The van der Waals surface area contributed by atoms with Crippen LogP contribution in [0.15, 0.2) is 35.4 Å². The molecule has 0 saturated carbocycles. The molecule has 4 rings (SSSR count). The van der Waals surface area contributed by atoms with Gasteiger partial charge in [-0.1, -0.05) is 12.1 Å². The van der Waals surface area contributed by atoms with Crippen molar-refractivity contribution in [2.75, 3.05) is 19.0 Å². The number of aliphatic hydroxyl groups is 3. The molecule has 1 aliphatic heterocycles. The van der Waals surface area contributed by atoms with Crippen molar-refractivity contribution in [3.05, 3.63) is 46.5 Å². The zero-order valence-corrected chi connectivity index (χ0v) is 15.5. The number of hydrogen-bond donors (Lipinski definition) is 5. The summed E-state index contributed by atoms with van der Waals surface area (Å²) in [6.45, 7) is -0.0511. The molecular weight excluding hydrogens is 382 g/mol. The second-order valence-electron chi connectivity index (χ2n) is 6.67. The zero-order chi connectivity index (χ0) is 20.5. The third-order valence-electron chi connectivity index (χ3n) is 4.84. The Morgan fingerprint density at radius 3 is 2.69 bits per heavy atom. The second-order valence-corrected chi connectivity index (χ2v) is 6.67. The van der Waals surface area contributed by atoms with Gasteiger partial charge in [-0.15, -0.1) is 0 Å². The summed E-state index contributed by atoms with van der Waals surface area (Å²) in [5, 5.41) is 32.5. The number of methoxy groups -OCH3 is 1. The van der Waals surface area contributed by atoms with Crippen molar-refractivity contribution < 1.29 is 24.8 Å². The molecule has 1 aromatic carbocycles. The molecule has 0 aliphatic carbocycles. The van der Waals surface area contributed by atoms with Crippen LogP contribution in [0.25, 0.3) is 11.2 Å². The molecule has 0 spiro atoms. The predicted octanol–water partition coefficient (Wildman–Crippen LogP) is -0.648. The average Bonchev–Trinajstić information content (AvgIpc) is 3.28. The van der Waals surface area contributed by atoms with E-state index in [0.717, 1.165) is 11.3 Å². The van der Waals surface area contributed by atoms with Gasteiger partial charge in [0.15, 0.2) is 17.4 Å². The summed E-state index contributed by atoms with van der Waals surface area (Å²) < 4.78 is 12.0. The van der Waals surface area contributed by atoms with E-state index in [9.17, 15) is 20.1 Å². The smallest absolute Gasteiger partial charge is 0.280 e. The maximum atomic E-state index is 12.4. The fourth-order valence-corrected chi connectivity index (χ4v) is 3.24. The second kappa shape index (κ2) is 7.79. The Hall–Kier alpha value is -2.99.